The van der Waals surface area contributed by atoms with Crippen LogP contribution in [0.25, 0.3) is 0 Å². The SMILES string of the molecule is Cc1cccc(CC(C(=O)O)c2ccc3c(n2)CCC3)c1. The number of benzene rings is 1. The number of carbonyl (C=O) groups is 1. The molecule has 1 heterocycles. The number of hydrogen-bond acceptors (Lipinski definition) is 2. The maximum Gasteiger partial charge on any atom is 0.312 e. The summed E-state index contributed by atoms with van der Waals surface area (Å²) >= 11 is 0. The first-order valence-electron chi connectivity index (χ1n) is 7.40. The minimum atomic E-state index is -0.804. The third kappa shape index (κ3) is 2.97. The number of carboxylic acid groups (broad SMARTS) is 1. The van der Waals surface area contributed by atoms with Gasteiger partial charge in [-0.3, -0.25) is 9.78 Å². The molecule has 1 unspecified atom stereocenters. The second-order valence-corrected chi connectivity index (χ2v) is 5.78. The average Bonchev–Trinajstić information content (AvgIpc) is 2.92. The monoisotopic (exact) mass is 281 g/mol. The van der Waals surface area contributed by atoms with Gasteiger partial charge >= 0.3 is 5.97 Å². The summed E-state index contributed by atoms with van der Waals surface area (Å²) in [6.45, 7) is 2.02. The summed E-state index contributed by atoms with van der Waals surface area (Å²) in [6.07, 6.45) is 3.66. The van der Waals surface area contributed by atoms with Gasteiger partial charge in [-0.05, 0) is 49.8 Å². The van der Waals surface area contributed by atoms with Gasteiger partial charge in [0.15, 0.2) is 0 Å². The molecule has 0 aliphatic heterocycles. The molecule has 1 atom stereocenters. The van der Waals surface area contributed by atoms with Crippen molar-refractivity contribution < 1.29 is 9.90 Å². The minimum Gasteiger partial charge on any atom is -0.481 e. The fourth-order valence-corrected chi connectivity index (χ4v) is 3.02. The molecule has 108 valence electrons. The Morgan fingerprint density at radius 1 is 1.29 bits per heavy atom. The second kappa shape index (κ2) is 5.68. The van der Waals surface area contributed by atoms with Gasteiger partial charge in [-0.25, -0.2) is 0 Å². The van der Waals surface area contributed by atoms with Crippen LogP contribution < -0.4 is 0 Å². The van der Waals surface area contributed by atoms with Crippen LogP contribution in [0.5, 0.6) is 0 Å². The normalized spacial score (nSPS) is 14.7. The molecule has 1 aromatic carbocycles. The van der Waals surface area contributed by atoms with E-state index in [-0.39, 0.29) is 0 Å². The first-order chi connectivity index (χ1) is 10.1. The first kappa shape index (κ1) is 13.8. The highest BCUT2D eigenvalue weighted by Crippen LogP contribution is 2.25. The quantitative estimate of drug-likeness (QED) is 0.935. The smallest absolute Gasteiger partial charge is 0.312 e. The van der Waals surface area contributed by atoms with Crippen molar-refractivity contribution in [2.75, 3.05) is 0 Å². The molecule has 3 rings (SSSR count). The summed E-state index contributed by atoms with van der Waals surface area (Å²) in [4.78, 5) is 16.3. The Morgan fingerprint density at radius 3 is 2.90 bits per heavy atom. The van der Waals surface area contributed by atoms with Gasteiger partial charge in [0.05, 0.1) is 5.69 Å². The fourth-order valence-electron chi connectivity index (χ4n) is 3.02. The molecule has 0 bridgehead atoms. The first-order valence-corrected chi connectivity index (χ1v) is 7.40. The zero-order chi connectivity index (χ0) is 14.8. The number of pyridine rings is 1. The molecule has 21 heavy (non-hydrogen) atoms. The molecule has 1 aliphatic carbocycles. The highest BCUT2D eigenvalue weighted by Gasteiger charge is 2.24. The molecule has 0 saturated heterocycles. The van der Waals surface area contributed by atoms with E-state index in [1.807, 2.05) is 37.3 Å². The van der Waals surface area contributed by atoms with Crippen LogP contribution in [-0.4, -0.2) is 16.1 Å². The number of nitrogens with zero attached hydrogens (tertiary/aromatic N) is 1. The largest absolute Gasteiger partial charge is 0.481 e. The van der Waals surface area contributed by atoms with Crippen LogP contribution in [0.1, 0.15) is 40.4 Å². The van der Waals surface area contributed by atoms with E-state index in [0.717, 1.165) is 36.1 Å². The van der Waals surface area contributed by atoms with Crippen molar-refractivity contribution >= 4 is 5.97 Å². The van der Waals surface area contributed by atoms with Crippen LogP contribution in [-0.2, 0) is 24.1 Å². The van der Waals surface area contributed by atoms with Gasteiger partial charge in [0.1, 0.15) is 5.92 Å². The van der Waals surface area contributed by atoms with Crippen molar-refractivity contribution in [3.05, 3.63) is 64.5 Å². The number of aromatic nitrogens is 1. The summed E-state index contributed by atoms with van der Waals surface area (Å²) in [5.74, 6) is -1.38. The van der Waals surface area contributed by atoms with E-state index in [1.165, 1.54) is 5.56 Å². The van der Waals surface area contributed by atoms with E-state index < -0.39 is 11.9 Å². The molecule has 0 saturated carbocycles. The zero-order valence-corrected chi connectivity index (χ0v) is 12.2. The molecular formula is C18H19NO2. The molecule has 0 spiro atoms. The number of hydrogen-bond donors (Lipinski definition) is 1. The Bertz CT molecular complexity index is 679. The topological polar surface area (TPSA) is 50.2 Å². The Kier molecular flexibility index (Phi) is 3.74. The fraction of sp³-hybridized carbons (Fsp3) is 0.333. The van der Waals surface area contributed by atoms with Crippen LogP contribution in [0.4, 0.5) is 0 Å². The summed E-state index contributed by atoms with van der Waals surface area (Å²) in [7, 11) is 0. The molecule has 2 aromatic rings. The minimum absolute atomic E-state index is 0.489. The van der Waals surface area contributed by atoms with E-state index in [0.29, 0.717) is 12.1 Å². The van der Waals surface area contributed by atoms with Gasteiger partial charge in [0, 0.05) is 5.69 Å². The Balaban J connectivity index is 1.89. The van der Waals surface area contributed by atoms with Crippen LogP contribution in [0.3, 0.4) is 0 Å². The Labute approximate surface area is 124 Å². The number of aryl methyl sites for hydroxylation is 3. The van der Waals surface area contributed by atoms with Crippen molar-refractivity contribution in [2.45, 2.75) is 38.5 Å². The average molecular weight is 281 g/mol. The molecule has 3 heteroatoms. The lowest BCUT2D eigenvalue weighted by molar-refractivity contribution is -0.138. The van der Waals surface area contributed by atoms with Crippen molar-refractivity contribution in [2.24, 2.45) is 0 Å². The maximum atomic E-state index is 11.6. The predicted octanol–water partition coefficient (Wildman–Crippen LogP) is 3.29. The van der Waals surface area contributed by atoms with E-state index in [2.05, 4.69) is 11.1 Å². The second-order valence-electron chi connectivity index (χ2n) is 5.78. The predicted molar refractivity (Wildman–Crippen MR) is 81.5 cm³/mol. The standard InChI is InChI=1S/C18H19NO2/c1-12-4-2-5-13(10-12)11-15(18(20)21)17-9-8-14-6-3-7-16(14)19-17/h2,4-5,8-10,15H,3,6-7,11H2,1H3,(H,20,21). The third-order valence-electron chi connectivity index (χ3n) is 4.13. The molecule has 1 aliphatic rings. The van der Waals surface area contributed by atoms with Gasteiger partial charge in [-0.2, -0.15) is 0 Å². The van der Waals surface area contributed by atoms with Gasteiger partial charge in [0.25, 0.3) is 0 Å². The lowest BCUT2D eigenvalue weighted by Crippen LogP contribution is -2.16. The van der Waals surface area contributed by atoms with Gasteiger partial charge in [-0.15, -0.1) is 0 Å². The molecule has 1 N–H and O–H groups in total. The highest BCUT2D eigenvalue weighted by atomic mass is 16.4. The summed E-state index contributed by atoms with van der Waals surface area (Å²) in [5, 5.41) is 9.57. The van der Waals surface area contributed by atoms with E-state index in [1.54, 1.807) is 0 Å². The van der Waals surface area contributed by atoms with Crippen molar-refractivity contribution in [1.82, 2.24) is 4.98 Å². The van der Waals surface area contributed by atoms with Gasteiger partial charge < -0.3 is 5.11 Å². The highest BCUT2D eigenvalue weighted by molar-refractivity contribution is 5.76. The number of aliphatic carboxylic acids is 1. The maximum absolute atomic E-state index is 11.6. The van der Waals surface area contributed by atoms with Crippen molar-refractivity contribution in [3.63, 3.8) is 0 Å². The van der Waals surface area contributed by atoms with E-state index >= 15 is 0 Å². The molecule has 1 aromatic heterocycles. The van der Waals surface area contributed by atoms with Gasteiger partial charge in [-0.1, -0.05) is 35.9 Å². The Morgan fingerprint density at radius 2 is 2.14 bits per heavy atom. The number of rotatable bonds is 4. The molecule has 0 radical (unpaired) electrons. The van der Waals surface area contributed by atoms with Gasteiger partial charge in [0.2, 0.25) is 0 Å². The lowest BCUT2D eigenvalue weighted by atomic mass is 9.94. The van der Waals surface area contributed by atoms with Crippen molar-refractivity contribution in [3.8, 4) is 0 Å². The van der Waals surface area contributed by atoms with Crippen LogP contribution >= 0.6 is 0 Å². The Hall–Kier alpha value is -2.16. The van der Waals surface area contributed by atoms with Crippen molar-refractivity contribution in [1.29, 1.82) is 0 Å². The summed E-state index contributed by atoms with van der Waals surface area (Å²) < 4.78 is 0. The molecule has 3 nitrogen and oxygen atoms in total. The van der Waals surface area contributed by atoms with E-state index in [9.17, 15) is 9.90 Å². The van der Waals surface area contributed by atoms with Crippen LogP contribution in [0.15, 0.2) is 36.4 Å². The lowest BCUT2D eigenvalue weighted by Gasteiger charge is -2.13. The number of carboxylic acids is 1. The molecule has 0 amide bonds. The van der Waals surface area contributed by atoms with Crippen LogP contribution in [0, 0.1) is 6.92 Å². The molecular weight excluding hydrogens is 262 g/mol. The number of fused-ring (bicyclic) bond motifs is 1. The van der Waals surface area contributed by atoms with Crippen LogP contribution in [0.2, 0.25) is 0 Å². The summed E-state index contributed by atoms with van der Waals surface area (Å²) in [6, 6.07) is 12.0. The summed E-state index contributed by atoms with van der Waals surface area (Å²) in [5.41, 5.74) is 5.24. The third-order valence-corrected chi connectivity index (χ3v) is 4.13. The zero-order valence-electron chi connectivity index (χ0n) is 12.2. The van der Waals surface area contributed by atoms with E-state index in [4.69, 9.17) is 0 Å². The molecule has 0 fully saturated rings.